The highest BCUT2D eigenvalue weighted by atomic mass is 35.5. The topological polar surface area (TPSA) is 62.8 Å². The molecule has 102 valence electrons. The van der Waals surface area contributed by atoms with E-state index in [1.165, 1.54) is 6.26 Å². The number of hydrogen-bond donors (Lipinski definition) is 1. The van der Waals surface area contributed by atoms with Gasteiger partial charge in [-0.2, -0.15) is 0 Å². The Bertz CT molecular complexity index is 900. The molecule has 0 bridgehead atoms. The molecule has 1 N–H and O–H groups in total. The summed E-state index contributed by atoms with van der Waals surface area (Å²) >= 11 is 5.96. The predicted molar refractivity (Wildman–Crippen MR) is 79.6 cm³/mol. The van der Waals surface area contributed by atoms with Gasteiger partial charge < -0.3 is 4.98 Å². The molecule has 2 aromatic carbocycles. The van der Waals surface area contributed by atoms with E-state index < -0.39 is 9.84 Å². The number of para-hydroxylation sites is 1. The van der Waals surface area contributed by atoms with E-state index in [-0.39, 0.29) is 4.90 Å². The van der Waals surface area contributed by atoms with E-state index in [9.17, 15) is 8.42 Å². The number of hydrogen-bond acceptors (Lipinski definition) is 3. The SMILES string of the molecule is CS(=O)(=O)c1cccc2[nH]c(-c3cccc(Cl)c3)nc12. The monoisotopic (exact) mass is 306 g/mol. The zero-order valence-corrected chi connectivity index (χ0v) is 12.2. The van der Waals surface area contributed by atoms with Crippen LogP contribution in [0.5, 0.6) is 0 Å². The van der Waals surface area contributed by atoms with Crippen molar-refractivity contribution in [3.8, 4) is 11.4 Å². The van der Waals surface area contributed by atoms with Crippen LogP contribution in [0, 0.1) is 0 Å². The highest BCUT2D eigenvalue weighted by Gasteiger charge is 2.15. The number of fused-ring (bicyclic) bond motifs is 1. The third-order valence-electron chi connectivity index (χ3n) is 2.97. The summed E-state index contributed by atoms with van der Waals surface area (Å²) in [7, 11) is -3.32. The molecule has 0 fully saturated rings. The maximum Gasteiger partial charge on any atom is 0.177 e. The summed E-state index contributed by atoms with van der Waals surface area (Å²) in [5.41, 5.74) is 1.95. The van der Waals surface area contributed by atoms with Crippen LogP contribution in [0.3, 0.4) is 0 Å². The second-order valence-electron chi connectivity index (χ2n) is 4.52. The van der Waals surface area contributed by atoms with Crippen molar-refractivity contribution in [1.82, 2.24) is 9.97 Å². The fourth-order valence-corrected chi connectivity index (χ4v) is 3.10. The van der Waals surface area contributed by atoms with Crippen LogP contribution in [0.2, 0.25) is 5.02 Å². The van der Waals surface area contributed by atoms with Gasteiger partial charge in [-0.1, -0.05) is 29.8 Å². The largest absolute Gasteiger partial charge is 0.338 e. The first-order chi connectivity index (χ1) is 9.45. The van der Waals surface area contributed by atoms with E-state index in [0.29, 0.717) is 21.9 Å². The van der Waals surface area contributed by atoms with Gasteiger partial charge >= 0.3 is 0 Å². The number of aromatic amines is 1. The van der Waals surface area contributed by atoms with Gasteiger partial charge in [-0.15, -0.1) is 0 Å². The Kier molecular flexibility index (Phi) is 3.03. The van der Waals surface area contributed by atoms with Crippen LogP contribution in [-0.4, -0.2) is 24.6 Å². The average molecular weight is 307 g/mol. The highest BCUT2D eigenvalue weighted by Crippen LogP contribution is 2.26. The average Bonchev–Trinajstić information content (AvgIpc) is 2.81. The first kappa shape index (κ1) is 13.1. The Morgan fingerprint density at radius 2 is 1.90 bits per heavy atom. The van der Waals surface area contributed by atoms with Gasteiger partial charge in [-0.05, 0) is 24.3 Å². The Balaban J connectivity index is 2.26. The normalized spacial score (nSPS) is 11.9. The molecule has 0 aliphatic rings. The lowest BCUT2D eigenvalue weighted by atomic mass is 10.2. The first-order valence-corrected chi connectivity index (χ1v) is 8.17. The molecule has 0 unspecified atom stereocenters. The summed E-state index contributed by atoms with van der Waals surface area (Å²) in [6.45, 7) is 0. The summed E-state index contributed by atoms with van der Waals surface area (Å²) in [6, 6.07) is 12.3. The zero-order chi connectivity index (χ0) is 14.3. The van der Waals surface area contributed by atoms with E-state index in [1.54, 1.807) is 30.3 Å². The van der Waals surface area contributed by atoms with Gasteiger partial charge in [0.1, 0.15) is 11.3 Å². The van der Waals surface area contributed by atoms with Gasteiger partial charge in [0.25, 0.3) is 0 Å². The number of nitrogens with one attached hydrogen (secondary N) is 1. The van der Waals surface area contributed by atoms with Crippen LogP contribution >= 0.6 is 11.6 Å². The van der Waals surface area contributed by atoms with Crippen molar-refractivity contribution in [1.29, 1.82) is 0 Å². The number of aromatic nitrogens is 2. The molecular weight excluding hydrogens is 296 g/mol. The van der Waals surface area contributed by atoms with Gasteiger partial charge in [-0.25, -0.2) is 13.4 Å². The quantitative estimate of drug-likeness (QED) is 0.790. The number of H-pyrrole nitrogens is 1. The number of halogens is 1. The van der Waals surface area contributed by atoms with Crippen molar-refractivity contribution in [2.45, 2.75) is 4.90 Å². The second-order valence-corrected chi connectivity index (χ2v) is 6.94. The lowest BCUT2D eigenvalue weighted by Crippen LogP contribution is -1.97. The molecule has 0 atom stereocenters. The van der Waals surface area contributed by atoms with E-state index in [1.807, 2.05) is 12.1 Å². The maximum absolute atomic E-state index is 11.8. The molecule has 0 spiro atoms. The molecule has 1 aromatic heterocycles. The molecule has 1 heterocycles. The molecule has 0 aliphatic carbocycles. The molecule has 20 heavy (non-hydrogen) atoms. The van der Waals surface area contributed by atoms with Crippen molar-refractivity contribution >= 4 is 32.5 Å². The van der Waals surface area contributed by atoms with Gasteiger partial charge in [0, 0.05) is 16.8 Å². The molecule has 0 radical (unpaired) electrons. The molecule has 0 saturated heterocycles. The smallest absolute Gasteiger partial charge is 0.177 e. The fraction of sp³-hybridized carbons (Fsp3) is 0.0714. The van der Waals surface area contributed by atoms with E-state index >= 15 is 0 Å². The lowest BCUT2D eigenvalue weighted by Gasteiger charge is -1.97. The van der Waals surface area contributed by atoms with Gasteiger partial charge in [0.15, 0.2) is 9.84 Å². The predicted octanol–water partition coefficient (Wildman–Crippen LogP) is 3.29. The molecule has 0 amide bonds. The Hall–Kier alpha value is -1.85. The van der Waals surface area contributed by atoms with Gasteiger partial charge in [0.2, 0.25) is 0 Å². The number of imidazole rings is 1. The van der Waals surface area contributed by atoms with Crippen molar-refractivity contribution in [2.75, 3.05) is 6.26 Å². The Morgan fingerprint density at radius 3 is 2.60 bits per heavy atom. The van der Waals surface area contributed by atoms with Crippen molar-refractivity contribution in [2.24, 2.45) is 0 Å². The van der Waals surface area contributed by atoms with Crippen molar-refractivity contribution in [3.63, 3.8) is 0 Å². The minimum atomic E-state index is -3.32. The van der Waals surface area contributed by atoms with E-state index in [0.717, 1.165) is 5.56 Å². The molecule has 0 aliphatic heterocycles. The number of rotatable bonds is 2. The Labute approximate surface area is 121 Å². The number of sulfone groups is 1. The number of benzene rings is 2. The van der Waals surface area contributed by atoms with Crippen molar-refractivity contribution < 1.29 is 8.42 Å². The van der Waals surface area contributed by atoms with Crippen LogP contribution in [-0.2, 0) is 9.84 Å². The van der Waals surface area contributed by atoms with Gasteiger partial charge in [-0.3, -0.25) is 0 Å². The standard InChI is InChI=1S/C14H11ClN2O2S/c1-20(18,19)12-7-3-6-11-13(12)17-14(16-11)9-4-2-5-10(15)8-9/h2-8H,1H3,(H,16,17). The van der Waals surface area contributed by atoms with Crippen molar-refractivity contribution in [3.05, 3.63) is 47.5 Å². The van der Waals surface area contributed by atoms with E-state index in [2.05, 4.69) is 9.97 Å². The first-order valence-electron chi connectivity index (χ1n) is 5.90. The molecule has 4 nitrogen and oxygen atoms in total. The van der Waals surface area contributed by atoms with Crippen LogP contribution in [0.4, 0.5) is 0 Å². The second kappa shape index (κ2) is 4.61. The third-order valence-corrected chi connectivity index (χ3v) is 4.34. The lowest BCUT2D eigenvalue weighted by molar-refractivity contribution is 0.602. The van der Waals surface area contributed by atoms with Crippen LogP contribution in [0.15, 0.2) is 47.4 Å². The molecule has 3 rings (SSSR count). The molecule has 3 aromatic rings. The fourth-order valence-electron chi connectivity index (χ4n) is 2.08. The zero-order valence-electron chi connectivity index (χ0n) is 10.6. The Morgan fingerprint density at radius 1 is 1.15 bits per heavy atom. The van der Waals surface area contributed by atoms with E-state index in [4.69, 9.17) is 11.6 Å². The molecule has 6 heteroatoms. The minimum Gasteiger partial charge on any atom is -0.338 e. The molecular formula is C14H11ClN2O2S. The van der Waals surface area contributed by atoms with Crippen LogP contribution < -0.4 is 0 Å². The van der Waals surface area contributed by atoms with Crippen LogP contribution in [0.25, 0.3) is 22.4 Å². The summed E-state index contributed by atoms with van der Waals surface area (Å²) in [4.78, 5) is 7.74. The molecule has 0 saturated carbocycles. The summed E-state index contributed by atoms with van der Waals surface area (Å²) in [5, 5.41) is 0.603. The summed E-state index contributed by atoms with van der Waals surface area (Å²) in [6.07, 6.45) is 1.18. The number of nitrogens with zero attached hydrogens (tertiary/aromatic N) is 1. The highest BCUT2D eigenvalue weighted by molar-refractivity contribution is 7.91. The maximum atomic E-state index is 11.8. The minimum absolute atomic E-state index is 0.222. The van der Waals surface area contributed by atoms with Crippen LogP contribution in [0.1, 0.15) is 0 Å². The van der Waals surface area contributed by atoms with Gasteiger partial charge in [0.05, 0.1) is 10.4 Å². The third kappa shape index (κ3) is 2.30. The summed E-state index contributed by atoms with van der Waals surface area (Å²) < 4.78 is 23.5. The summed E-state index contributed by atoms with van der Waals surface area (Å²) in [5.74, 6) is 0.596.